The van der Waals surface area contributed by atoms with Crippen molar-refractivity contribution in [1.29, 1.82) is 0 Å². The van der Waals surface area contributed by atoms with Crippen molar-refractivity contribution in [2.24, 2.45) is 5.92 Å². The highest BCUT2D eigenvalue weighted by Gasteiger charge is 2.47. The molecule has 3 fully saturated rings. The molecular formula is C9H14NO+. The van der Waals surface area contributed by atoms with E-state index < -0.39 is 5.60 Å². The molecule has 3 rings (SSSR count). The average molecular weight is 152 g/mol. The number of piperidine rings is 3. The van der Waals surface area contributed by atoms with E-state index in [4.69, 9.17) is 6.42 Å². The van der Waals surface area contributed by atoms with Gasteiger partial charge in [-0.05, 0) is 0 Å². The first-order chi connectivity index (χ1) is 5.24. The third-order valence-electron chi connectivity index (χ3n) is 3.14. The summed E-state index contributed by atoms with van der Waals surface area (Å²) in [7, 11) is 0. The van der Waals surface area contributed by atoms with Crippen molar-refractivity contribution in [2.45, 2.75) is 18.4 Å². The summed E-state index contributed by atoms with van der Waals surface area (Å²) in [6.45, 7) is 3.18. The predicted octanol–water partition coefficient (Wildman–Crippen LogP) is -1.34. The van der Waals surface area contributed by atoms with Gasteiger partial charge in [0.15, 0.2) is 5.60 Å². The highest BCUT2D eigenvalue weighted by molar-refractivity contribution is 5.12. The standard InChI is InChI=1S/C9H13NO/c1-2-9(11)7-10-5-3-8(9)4-6-10/h1,8,11H,3-7H2/p+1. The zero-order chi connectivity index (χ0) is 7.90. The van der Waals surface area contributed by atoms with Crippen molar-refractivity contribution in [3.63, 3.8) is 0 Å². The maximum atomic E-state index is 9.91. The van der Waals surface area contributed by atoms with Gasteiger partial charge in [0.2, 0.25) is 0 Å². The lowest BCUT2D eigenvalue weighted by Gasteiger charge is -2.44. The van der Waals surface area contributed by atoms with Crippen LogP contribution in [0.15, 0.2) is 0 Å². The van der Waals surface area contributed by atoms with E-state index in [0.717, 1.165) is 19.4 Å². The van der Waals surface area contributed by atoms with Gasteiger partial charge in [0, 0.05) is 18.8 Å². The van der Waals surface area contributed by atoms with Crippen LogP contribution in [0.5, 0.6) is 0 Å². The monoisotopic (exact) mass is 152 g/mol. The second-order valence-electron chi connectivity index (χ2n) is 3.77. The van der Waals surface area contributed by atoms with E-state index in [1.807, 2.05) is 0 Å². The van der Waals surface area contributed by atoms with E-state index >= 15 is 0 Å². The number of quaternary nitrogens is 1. The molecule has 0 aromatic rings. The summed E-state index contributed by atoms with van der Waals surface area (Å²) in [4.78, 5) is 1.48. The molecule has 2 heteroatoms. The molecule has 3 aliphatic heterocycles. The first-order valence-corrected chi connectivity index (χ1v) is 4.28. The molecule has 2 N–H and O–H groups in total. The van der Waals surface area contributed by atoms with Gasteiger partial charge in [0.25, 0.3) is 0 Å². The molecule has 0 saturated carbocycles. The van der Waals surface area contributed by atoms with Gasteiger partial charge >= 0.3 is 0 Å². The highest BCUT2D eigenvalue weighted by atomic mass is 16.3. The van der Waals surface area contributed by atoms with Crippen LogP contribution < -0.4 is 4.90 Å². The minimum Gasteiger partial charge on any atom is -0.372 e. The number of hydrogen-bond acceptors (Lipinski definition) is 1. The first kappa shape index (κ1) is 7.15. The smallest absolute Gasteiger partial charge is 0.177 e. The maximum Gasteiger partial charge on any atom is 0.177 e. The molecule has 1 unspecified atom stereocenters. The second kappa shape index (κ2) is 2.23. The molecule has 0 amide bonds. The number of fused-ring (bicyclic) bond motifs is 3. The fourth-order valence-electron chi connectivity index (χ4n) is 2.37. The molecule has 3 aliphatic rings. The van der Waals surface area contributed by atoms with Crippen LogP contribution in [0.2, 0.25) is 0 Å². The Morgan fingerprint density at radius 2 is 2.09 bits per heavy atom. The average Bonchev–Trinajstić information content (AvgIpc) is 2.06. The Kier molecular flexibility index (Phi) is 1.45. The molecule has 60 valence electrons. The summed E-state index contributed by atoms with van der Waals surface area (Å²) in [5, 5.41) is 9.91. The predicted molar refractivity (Wildman–Crippen MR) is 42.1 cm³/mol. The Morgan fingerprint density at radius 3 is 2.36 bits per heavy atom. The molecule has 0 aromatic heterocycles. The van der Waals surface area contributed by atoms with E-state index in [9.17, 15) is 5.11 Å². The quantitative estimate of drug-likeness (QED) is 0.413. The van der Waals surface area contributed by atoms with Gasteiger partial charge in [-0.2, -0.15) is 0 Å². The Morgan fingerprint density at radius 1 is 1.45 bits per heavy atom. The zero-order valence-corrected chi connectivity index (χ0v) is 6.64. The Balaban J connectivity index is 2.21. The third kappa shape index (κ3) is 0.962. The van der Waals surface area contributed by atoms with Gasteiger partial charge in [-0.3, -0.25) is 0 Å². The Hall–Kier alpha value is -0.520. The number of aliphatic hydroxyl groups is 1. The summed E-state index contributed by atoms with van der Waals surface area (Å²) < 4.78 is 0. The summed E-state index contributed by atoms with van der Waals surface area (Å²) >= 11 is 0. The molecule has 2 nitrogen and oxygen atoms in total. The summed E-state index contributed by atoms with van der Waals surface area (Å²) in [6.07, 6.45) is 7.53. The molecule has 3 heterocycles. The number of hydrogen-bond donors (Lipinski definition) is 2. The molecule has 2 bridgehead atoms. The number of rotatable bonds is 0. The fraction of sp³-hybridized carbons (Fsp3) is 0.778. The molecule has 11 heavy (non-hydrogen) atoms. The van der Waals surface area contributed by atoms with Crippen molar-refractivity contribution in [3.8, 4) is 12.3 Å². The maximum absolute atomic E-state index is 9.91. The van der Waals surface area contributed by atoms with Crippen LogP contribution >= 0.6 is 0 Å². The van der Waals surface area contributed by atoms with Gasteiger partial charge in [-0.1, -0.05) is 5.92 Å². The van der Waals surface area contributed by atoms with Gasteiger partial charge in [0.05, 0.1) is 13.1 Å². The topological polar surface area (TPSA) is 24.7 Å². The van der Waals surface area contributed by atoms with Crippen molar-refractivity contribution in [3.05, 3.63) is 0 Å². The number of terminal acetylenes is 1. The van der Waals surface area contributed by atoms with Gasteiger partial charge < -0.3 is 10.0 Å². The van der Waals surface area contributed by atoms with E-state index in [1.165, 1.54) is 18.0 Å². The van der Waals surface area contributed by atoms with E-state index in [1.54, 1.807) is 0 Å². The minimum atomic E-state index is -0.772. The normalized spacial score (nSPS) is 48.7. The molecule has 3 saturated heterocycles. The molecular weight excluding hydrogens is 138 g/mol. The van der Waals surface area contributed by atoms with Crippen LogP contribution in [-0.2, 0) is 0 Å². The van der Waals surface area contributed by atoms with E-state index in [2.05, 4.69) is 5.92 Å². The molecule has 0 radical (unpaired) electrons. The van der Waals surface area contributed by atoms with Gasteiger partial charge in [-0.15, -0.1) is 6.42 Å². The van der Waals surface area contributed by atoms with Crippen molar-refractivity contribution < 1.29 is 10.0 Å². The molecule has 0 aromatic carbocycles. The summed E-state index contributed by atoms with van der Waals surface area (Å²) in [5.41, 5.74) is -0.772. The highest BCUT2D eigenvalue weighted by Crippen LogP contribution is 2.26. The lowest BCUT2D eigenvalue weighted by atomic mass is 9.76. The zero-order valence-electron chi connectivity index (χ0n) is 6.64. The van der Waals surface area contributed by atoms with Crippen LogP contribution in [0.4, 0.5) is 0 Å². The fourth-order valence-corrected chi connectivity index (χ4v) is 2.37. The summed E-state index contributed by atoms with van der Waals surface area (Å²) in [5.74, 6) is 2.93. The van der Waals surface area contributed by atoms with Crippen molar-refractivity contribution in [1.82, 2.24) is 0 Å². The van der Waals surface area contributed by atoms with Crippen molar-refractivity contribution in [2.75, 3.05) is 19.6 Å². The van der Waals surface area contributed by atoms with Crippen LogP contribution in [0, 0.1) is 18.3 Å². The van der Waals surface area contributed by atoms with Gasteiger partial charge in [0.1, 0.15) is 6.54 Å². The molecule has 1 atom stereocenters. The minimum absolute atomic E-state index is 0.380. The van der Waals surface area contributed by atoms with E-state index in [0.29, 0.717) is 5.92 Å². The van der Waals surface area contributed by atoms with Crippen LogP contribution in [0.1, 0.15) is 12.8 Å². The molecule has 0 aliphatic carbocycles. The SMILES string of the molecule is C#CC1(O)C[NH+]2CCC1CC2. The van der Waals surface area contributed by atoms with Gasteiger partial charge in [-0.25, -0.2) is 0 Å². The van der Waals surface area contributed by atoms with Crippen LogP contribution in [0.3, 0.4) is 0 Å². The van der Waals surface area contributed by atoms with Crippen LogP contribution in [-0.4, -0.2) is 30.3 Å². The number of nitrogens with one attached hydrogen (secondary N) is 1. The Bertz CT molecular complexity index is 200. The lowest BCUT2D eigenvalue weighted by molar-refractivity contribution is -0.923. The van der Waals surface area contributed by atoms with E-state index in [-0.39, 0.29) is 0 Å². The molecule has 0 spiro atoms. The van der Waals surface area contributed by atoms with Crippen LogP contribution in [0.25, 0.3) is 0 Å². The third-order valence-corrected chi connectivity index (χ3v) is 3.14. The largest absolute Gasteiger partial charge is 0.372 e. The second-order valence-corrected chi connectivity index (χ2v) is 3.77. The summed E-state index contributed by atoms with van der Waals surface area (Å²) in [6, 6.07) is 0. The van der Waals surface area contributed by atoms with Crippen molar-refractivity contribution >= 4 is 0 Å². The lowest BCUT2D eigenvalue weighted by Crippen LogP contribution is -3.17. The Labute approximate surface area is 67.2 Å². The first-order valence-electron chi connectivity index (χ1n) is 4.28.